The molecule has 1 aromatic carbocycles. The number of hydrogen-bond donors (Lipinski definition) is 1. The van der Waals surface area contributed by atoms with Crippen LogP contribution in [0.3, 0.4) is 0 Å². The molecule has 3 fully saturated rings. The highest BCUT2D eigenvalue weighted by Gasteiger charge is 2.35. The summed E-state index contributed by atoms with van der Waals surface area (Å²) in [6.07, 6.45) is 4.35. The number of thioether (sulfide) groups is 1. The van der Waals surface area contributed by atoms with Gasteiger partial charge < -0.3 is 15.1 Å². The molecule has 2 amide bonds. The van der Waals surface area contributed by atoms with Crippen molar-refractivity contribution >= 4 is 35.0 Å². The maximum Gasteiger partial charge on any atom is 0.239 e. The van der Waals surface area contributed by atoms with Crippen molar-refractivity contribution in [3.8, 4) is 0 Å². The number of nitrogens with zero attached hydrogens (tertiary/aromatic N) is 3. The third-order valence-corrected chi connectivity index (χ3v) is 7.22. The summed E-state index contributed by atoms with van der Waals surface area (Å²) in [6.45, 7) is 7.05. The van der Waals surface area contributed by atoms with Gasteiger partial charge in [0.2, 0.25) is 11.8 Å². The zero-order chi connectivity index (χ0) is 20.2. The highest BCUT2D eigenvalue weighted by atomic mass is 32.2. The summed E-state index contributed by atoms with van der Waals surface area (Å²) < 4.78 is 0. The van der Waals surface area contributed by atoms with Gasteiger partial charge in [0.25, 0.3) is 0 Å². The maximum atomic E-state index is 12.9. The molecule has 1 atom stereocenters. The van der Waals surface area contributed by atoms with Gasteiger partial charge in [0.1, 0.15) is 0 Å². The molecule has 3 aliphatic heterocycles. The van der Waals surface area contributed by atoms with Crippen LogP contribution in [0, 0.1) is 6.92 Å². The maximum absolute atomic E-state index is 12.9. The Morgan fingerprint density at radius 2 is 1.83 bits per heavy atom. The summed E-state index contributed by atoms with van der Waals surface area (Å²) in [7, 11) is 0. The standard InChI is InChI=1S/C22H32N4O2S/c1-17-15-18(24-8-2-3-9-24)6-7-19(17)23-21(27)16-26-10-4-5-20(26)22(28)25-11-13-29-14-12-25/h6-7,15,20H,2-5,8-14,16H2,1H3,(H,23,27). The fourth-order valence-corrected chi connectivity index (χ4v) is 5.53. The highest BCUT2D eigenvalue weighted by Crippen LogP contribution is 2.26. The molecular weight excluding hydrogens is 384 g/mol. The first-order valence-electron chi connectivity index (χ1n) is 10.9. The Hall–Kier alpha value is -1.73. The molecule has 0 radical (unpaired) electrons. The molecule has 0 aromatic heterocycles. The summed E-state index contributed by atoms with van der Waals surface area (Å²) in [5, 5.41) is 3.07. The lowest BCUT2D eigenvalue weighted by molar-refractivity contribution is -0.136. The van der Waals surface area contributed by atoms with E-state index in [4.69, 9.17) is 0 Å². The number of amides is 2. The van der Waals surface area contributed by atoms with Crippen LogP contribution in [0.5, 0.6) is 0 Å². The molecule has 0 aliphatic carbocycles. The van der Waals surface area contributed by atoms with E-state index in [2.05, 4.69) is 27.2 Å². The van der Waals surface area contributed by atoms with E-state index in [0.717, 1.165) is 68.3 Å². The fraction of sp³-hybridized carbons (Fsp3) is 0.636. The number of carbonyl (C=O) groups excluding carboxylic acids is 2. The number of hydrogen-bond acceptors (Lipinski definition) is 5. The van der Waals surface area contributed by atoms with Crippen LogP contribution in [0.1, 0.15) is 31.2 Å². The van der Waals surface area contributed by atoms with Gasteiger partial charge in [-0.3, -0.25) is 14.5 Å². The number of anilines is 2. The van der Waals surface area contributed by atoms with E-state index in [1.807, 2.05) is 29.7 Å². The molecule has 0 bridgehead atoms. The molecular formula is C22H32N4O2S. The molecule has 3 heterocycles. The van der Waals surface area contributed by atoms with Crippen LogP contribution < -0.4 is 10.2 Å². The predicted octanol–water partition coefficient (Wildman–Crippen LogP) is 2.57. The average molecular weight is 417 g/mol. The monoisotopic (exact) mass is 416 g/mol. The summed E-state index contributed by atoms with van der Waals surface area (Å²) in [4.78, 5) is 32.1. The fourth-order valence-electron chi connectivity index (χ4n) is 4.62. The van der Waals surface area contributed by atoms with Crippen molar-refractivity contribution in [1.82, 2.24) is 9.80 Å². The van der Waals surface area contributed by atoms with E-state index in [1.165, 1.54) is 18.5 Å². The van der Waals surface area contributed by atoms with E-state index in [1.54, 1.807) is 0 Å². The van der Waals surface area contributed by atoms with Gasteiger partial charge in [-0.2, -0.15) is 11.8 Å². The van der Waals surface area contributed by atoms with Gasteiger partial charge in [-0.25, -0.2) is 0 Å². The van der Waals surface area contributed by atoms with Crippen molar-refractivity contribution in [2.24, 2.45) is 0 Å². The molecule has 0 spiro atoms. The van der Waals surface area contributed by atoms with E-state index in [0.29, 0.717) is 0 Å². The number of carbonyl (C=O) groups is 2. The quantitative estimate of drug-likeness (QED) is 0.800. The normalized spacial score (nSPS) is 22.9. The molecule has 3 aliphatic rings. The Labute approximate surface area is 178 Å². The molecule has 158 valence electrons. The number of likely N-dealkylation sites (tertiary alicyclic amines) is 1. The molecule has 1 N–H and O–H groups in total. The van der Waals surface area contributed by atoms with E-state index < -0.39 is 0 Å². The van der Waals surface area contributed by atoms with Crippen molar-refractivity contribution in [3.05, 3.63) is 23.8 Å². The predicted molar refractivity (Wildman–Crippen MR) is 120 cm³/mol. The third kappa shape index (κ3) is 4.89. The van der Waals surface area contributed by atoms with Crippen molar-refractivity contribution < 1.29 is 9.59 Å². The number of rotatable bonds is 5. The minimum Gasteiger partial charge on any atom is -0.372 e. The topological polar surface area (TPSA) is 55.9 Å². The van der Waals surface area contributed by atoms with Crippen LogP contribution in [0.4, 0.5) is 11.4 Å². The average Bonchev–Trinajstić information content (AvgIpc) is 3.42. The number of benzene rings is 1. The smallest absolute Gasteiger partial charge is 0.239 e. The van der Waals surface area contributed by atoms with Crippen molar-refractivity contribution in [1.29, 1.82) is 0 Å². The second-order valence-electron chi connectivity index (χ2n) is 8.31. The van der Waals surface area contributed by atoms with Gasteiger partial charge in [-0.15, -0.1) is 0 Å². The van der Waals surface area contributed by atoms with Gasteiger partial charge in [-0.05, 0) is 62.9 Å². The highest BCUT2D eigenvalue weighted by molar-refractivity contribution is 7.99. The van der Waals surface area contributed by atoms with Crippen LogP contribution in [0.25, 0.3) is 0 Å². The zero-order valence-corrected chi connectivity index (χ0v) is 18.2. The van der Waals surface area contributed by atoms with Crippen molar-refractivity contribution in [2.45, 2.75) is 38.6 Å². The molecule has 1 unspecified atom stereocenters. The Bertz CT molecular complexity index is 744. The van der Waals surface area contributed by atoms with Crippen LogP contribution in [-0.2, 0) is 9.59 Å². The van der Waals surface area contributed by atoms with E-state index >= 15 is 0 Å². The number of aryl methyl sites for hydroxylation is 1. The Balaban J connectivity index is 1.34. The van der Waals surface area contributed by atoms with Crippen LogP contribution in [0.2, 0.25) is 0 Å². The molecule has 3 saturated heterocycles. The summed E-state index contributed by atoms with van der Waals surface area (Å²) in [6, 6.07) is 6.14. The van der Waals surface area contributed by atoms with Gasteiger partial charge >= 0.3 is 0 Å². The summed E-state index contributed by atoms with van der Waals surface area (Å²) in [5.74, 6) is 2.22. The first-order chi connectivity index (χ1) is 14.1. The van der Waals surface area contributed by atoms with Crippen molar-refractivity contribution in [3.63, 3.8) is 0 Å². The summed E-state index contributed by atoms with van der Waals surface area (Å²) in [5.41, 5.74) is 3.19. The lowest BCUT2D eigenvalue weighted by Crippen LogP contribution is -2.49. The SMILES string of the molecule is Cc1cc(N2CCCC2)ccc1NC(=O)CN1CCCC1C(=O)N1CCSCC1. The molecule has 7 heteroatoms. The van der Waals surface area contributed by atoms with E-state index in [9.17, 15) is 9.59 Å². The van der Waals surface area contributed by atoms with Gasteiger partial charge in [-0.1, -0.05) is 0 Å². The Morgan fingerprint density at radius 3 is 2.55 bits per heavy atom. The second-order valence-corrected chi connectivity index (χ2v) is 9.53. The van der Waals surface area contributed by atoms with Crippen LogP contribution in [0.15, 0.2) is 18.2 Å². The first kappa shape index (κ1) is 20.5. The van der Waals surface area contributed by atoms with Crippen LogP contribution in [-0.4, -0.2) is 78.4 Å². The Morgan fingerprint density at radius 1 is 1.07 bits per heavy atom. The van der Waals surface area contributed by atoms with Gasteiger partial charge in [0.15, 0.2) is 0 Å². The zero-order valence-electron chi connectivity index (χ0n) is 17.4. The lowest BCUT2D eigenvalue weighted by Gasteiger charge is -2.32. The minimum absolute atomic E-state index is 0.0316. The molecule has 4 rings (SSSR count). The largest absolute Gasteiger partial charge is 0.372 e. The van der Waals surface area contributed by atoms with Crippen LogP contribution >= 0.6 is 11.8 Å². The number of nitrogens with one attached hydrogen (secondary N) is 1. The third-order valence-electron chi connectivity index (χ3n) is 6.27. The van der Waals surface area contributed by atoms with E-state index in [-0.39, 0.29) is 24.4 Å². The second kappa shape index (κ2) is 9.39. The summed E-state index contributed by atoms with van der Waals surface area (Å²) >= 11 is 1.91. The lowest BCUT2D eigenvalue weighted by atomic mass is 10.1. The van der Waals surface area contributed by atoms with Crippen molar-refractivity contribution in [2.75, 3.05) is 61.0 Å². The Kier molecular flexibility index (Phi) is 6.65. The minimum atomic E-state index is -0.137. The first-order valence-corrected chi connectivity index (χ1v) is 12.0. The van der Waals surface area contributed by atoms with Gasteiger partial charge in [0, 0.05) is 49.1 Å². The molecule has 0 saturated carbocycles. The van der Waals surface area contributed by atoms with Gasteiger partial charge in [0.05, 0.1) is 12.6 Å². The molecule has 29 heavy (non-hydrogen) atoms. The molecule has 6 nitrogen and oxygen atoms in total. The molecule has 1 aromatic rings.